The predicted octanol–water partition coefficient (Wildman–Crippen LogP) is 2.70. The van der Waals surface area contributed by atoms with Crippen molar-refractivity contribution >= 4 is 18.3 Å². The van der Waals surface area contributed by atoms with E-state index in [-0.39, 0.29) is 24.4 Å². The van der Waals surface area contributed by atoms with Crippen LogP contribution in [0, 0.1) is 0 Å². The van der Waals surface area contributed by atoms with Crippen LogP contribution >= 0.6 is 12.4 Å². The molecule has 0 aliphatic rings. The highest BCUT2D eigenvalue weighted by Gasteiger charge is 2.16. The molecule has 0 radical (unpaired) electrons. The minimum absolute atomic E-state index is 0. The minimum Gasteiger partial charge on any atom is -0.497 e. The molecule has 0 aliphatic carbocycles. The van der Waals surface area contributed by atoms with Gasteiger partial charge in [0.05, 0.1) is 13.7 Å². The topological polar surface area (TPSA) is 73.6 Å². The normalized spacial score (nSPS) is 12.5. The summed E-state index contributed by atoms with van der Waals surface area (Å²) in [6.07, 6.45) is -0.186. The van der Waals surface area contributed by atoms with Gasteiger partial charge < -0.3 is 20.5 Å². The number of halogens is 1. The predicted molar refractivity (Wildman–Crippen MR) is 96.7 cm³/mol. The second-order valence-corrected chi connectivity index (χ2v) is 5.24. The largest absolute Gasteiger partial charge is 0.497 e. The average Bonchev–Trinajstić information content (AvgIpc) is 2.60. The number of hydrogen-bond donors (Lipinski definition) is 2. The van der Waals surface area contributed by atoms with Crippen molar-refractivity contribution in [2.45, 2.75) is 19.1 Å². The Hall–Kier alpha value is -2.24. The molecule has 2 aromatic carbocycles. The summed E-state index contributed by atoms with van der Waals surface area (Å²) in [6.45, 7) is 2.25. The Labute approximate surface area is 148 Å². The molecule has 24 heavy (non-hydrogen) atoms. The van der Waals surface area contributed by atoms with Gasteiger partial charge in [0.25, 0.3) is 0 Å². The highest BCUT2D eigenvalue weighted by Crippen LogP contribution is 2.19. The van der Waals surface area contributed by atoms with Gasteiger partial charge in [-0.15, -0.1) is 12.4 Å². The Morgan fingerprint density at radius 3 is 2.46 bits per heavy atom. The van der Waals surface area contributed by atoms with Gasteiger partial charge in [0.2, 0.25) is 5.91 Å². The monoisotopic (exact) mass is 350 g/mol. The summed E-state index contributed by atoms with van der Waals surface area (Å²) in [5, 5.41) is 2.81. The fourth-order valence-electron chi connectivity index (χ4n) is 2.11. The summed E-state index contributed by atoms with van der Waals surface area (Å²) in [5.41, 5.74) is 6.73. The summed E-state index contributed by atoms with van der Waals surface area (Å²) in [6, 6.07) is 15.9. The quantitative estimate of drug-likeness (QED) is 0.805. The highest BCUT2D eigenvalue weighted by atomic mass is 35.5. The molecule has 2 rings (SSSR count). The van der Waals surface area contributed by atoms with Gasteiger partial charge in [-0.2, -0.15) is 0 Å². The minimum atomic E-state index is -0.680. The number of amides is 1. The molecule has 0 saturated carbocycles. The van der Waals surface area contributed by atoms with E-state index in [0.717, 1.165) is 11.3 Å². The number of rotatable bonds is 7. The van der Waals surface area contributed by atoms with Crippen LogP contribution in [0.1, 0.15) is 18.5 Å². The maximum atomic E-state index is 12.1. The van der Waals surface area contributed by atoms with E-state index in [4.69, 9.17) is 15.2 Å². The van der Waals surface area contributed by atoms with Crippen LogP contribution in [-0.4, -0.2) is 25.7 Å². The second-order valence-electron chi connectivity index (χ2n) is 5.24. The van der Waals surface area contributed by atoms with Gasteiger partial charge in [-0.05, 0) is 24.6 Å². The summed E-state index contributed by atoms with van der Waals surface area (Å²) >= 11 is 0. The molecule has 2 atom stereocenters. The number of benzene rings is 2. The SMILES string of the molecule is COc1cccc(OC(C)CNC(=O)C(N)c2ccccc2)c1.Cl. The van der Waals surface area contributed by atoms with Crippen molar-refractivity contribution in [1.82, 2.24) is 5.32 Å². The molecule has 0 aromatic heterocycles. The van der Waals surface area contributed by atoms with Crippen molar-refractivity contribution in [3.05, 3.63) is 60.2 Å². The first kappa shape index (κ1) is 19.8. The number of nitrogens with two attached hydrogens (primary N) is 1. The zero-order valence-corrected chi connectivity index (χ0v) is 14.6. The van der Waals surface area contributed by atoms with Crippen molar-refractivity contribution in [2.24, 2.45) is 5.73 Å². The lowest BCUT2D eigenvalue weighted by Crippen LogP contribution is -2.39. The van der Waals surface area contributed by atoms with E-state index in [1.54, 1.807) is 13.2 Å². The van der Waals surface area contributed by atoms with Crippen molar-refractivity contribution in [3.8, 4) is 11.5 Å². The van der Waals surface area contributed by atoms with Gasteiger partial charge >= 0.3 is 0 Å². The molecular weight excluding hydrogens is 328 g/mol. The van der Waals surface area contributed by atoms with E-state index in [1.165, 1.54) is 0 Å². The molecule has 0 spiro atoms. The van der Waals surface area contributed by atoms with Gasteiger partial charge in [-0.1, -0.05) is 36.4 Å². The van der Waals surface area contributed by atoms with Crippen LogP contribution in [0.25, 0.3) is 0 Å². The van der Waals surface area contributed by atoms with E-state index < -0.39 is 6.04 Å². The fraction of sp³-hybridized carbons (Fsp3) is 0.278. The molecule has 1 amide bonds. The van der Waals surface area contributed by atoms with Gasteiger partial charge in [0.1, 0.15) is 23.6 Å². The third-order valence-electron chi connectivity index (χ3n) is 3.38. The summed E-state index contributed by atoms with van der Waals surface area (Å²) in [4.78, 5) is 12.1. The molecule has 5 nitrogen and oxygen atoms in total. The summed E-state index contributed by atoms with van der Waals surface area (Å²) in [5.74, 6) is 1.19. The smallest absolute Gasteiger partial charge is 0.241 e. The molecule has 6 heteroatoms. The molecule has 130 valence electrons. The second kappa shape index (κ2) is 9.80. The van der Waals surface area contributed by atoms with Gasteiger partial charge in [-0.3, -0.25) is 4.79 Å². The molecule has 0 fully saturated rings. The van der Waals surface area contributed by atoms with Crippen LogP contribution in [0.4, 0.5) is 0 Å². The third kappa shape index (κ3) is 5.76. The number of carbonyl (C=O) groups excluding carboxylic acids is 1. The molecular formula is C18H23ClN2O3. The number of carbonyl (C=O) groups is 1. The molecule has 2 aromatic rings. The van der Waals surface area contributed by atoms with E-state index in [1.807, 2.05) is 55.5 Å². The van der Waals surface area contributed by atoms with Crippen LogP contribution in [0.3, 0.4) is 0 Å². The first-order chi connectivity index (χ1) is 11.1. The zero-order chi connectivity index (χ0) is 16.7. The Morgan fingerprint density at radius 2 is 1.79 bits per heavy atom. The Bertz CT molecular complexity index is 637. The molecule has 2 unspecified atom stereocenters. The summed E-state index contributed by atoms with van der Waals surface area (Å²) in [7, 11) is 1.60. The molecule has 0 aliphatic heterocycles. The number of nitrogens with one attached hydrogen (secondary N) is 1. The molecule has 0 heterocycles. The van der Waals surface area contributed by atoms with Crippen LogP contribution in [0.2, 0.25) is 0 Å². The van der Waals surface area contributed by atoms with Crippen LogP contribution in [0.15, 0.2) is 54.6 Å². The average molecular weight is 351 g/mol. The van der Waals surface area contributed by atoms with Crippen molar-refractivity contribution in [3.63, 3.8) is 0 Å². The molecule has 0 saturated heterocycles. The number of ether oxygens (including phenoxy) is 2. The van der Waals surface area contributed by atoms with Crippen molar-refractivity contribution in [2.75, 3.05) is 13.7 Å². The molecule has 3 N–H and O–H groups in total. The molecule has 0 bridgehead atoms. The lowest BCUT2D eigenvalue weighted by Gasteiger charge is -2.18. The van der Waals surface area contributed by atoms with E-state index >= 15 is 0 Å². The van der Waals surface area contributed by atoms with Gasteiger partial charge in [-0.25, -0.2) is 0 Å². The maximum absolute atomic E-state index is 12.1. The zero-order valence-electron chi connectivity index (χ0n) is 13.8. The number of methoxy groups -OCH3 is 1. The first-order valence-corrected chi connectivity index (χ1v) is 7.49. The lowest BCUT2D eigenvalue weighted by molar-refractivity contribution is -0.122. The Balaban J connectivity index is 0.00000288. The van der Waals surface area contributed by atoms with Crippen molar-refractivity contribution in [1.29, 1.82) is 0 Å². The van der Waals surface area contributed by atoms with E-state index in [9.17, 15) is 4.79 Å². The lowest BCUT2D eigenvalue weighted by atomic mass is 10.1. The fourth-order valence-corrected chi connectivity index (χ4v) is 2.11. The maximum Gasteiger partial charge on any atom is 0.241 e. The van der Waals surface area contributed by atoms with E-state index in [2.05, 4.69) is 5.32 Å². The van der Waals surface area contributed by atoms with Crippen LogP contribution in [0.5, 0.6) is 11.5 Å². The van der Waals surface area contributed by atoms with E-state index in [0.29, 0.717) is 12.3 Å². The third-order valence-corrected chi connectivity index (χ3v) is 3.38. The van der Waals surface area contributed by atoms with Crippen LogP contribution < -0.4 is 20.5 Å². The highest BCUT2D eigenvalue weighted by molar-refractivity contribution is 5.85. The number of hydrogen-bond acceptors (Lipinski definition) is 4. The van der Waals surface area contributed by atoms with Gasteiger partial charge in [0.15, 0.2) is 0 Å². The van der Waals surface area contributed by atoms with Crippen molar-refractivity contribution < 1.29 is 14.3 Å². The first-order valence-electron chi connectivity index (χ1n) is 7.49. The van der Waals surface area contributed by atoms with Crippen LogP contribution in [-0.2, 0) is 4.79 Å². The summed E-state index contributed by atoms with van der Waals surface area (Å²) < 4.78 is 10.9. The van der Waals surface area contributed by atoms with Gasteiger partial charge in [0, 0.05) is 6.07 Å². The standard InChI is InChI=1S/C18H22N2O3.ClH/c1-13(23-16-10-6-9-15(11-16)22-2)12-20-18(21)17(19)14-7-4-3-5-8-14;/h3-11,13,17H,12,19H2,1-2H3,(H,20,21);1H. The Kier molecular flexibility index (Phi) is 8.09. The Morgan fingerprint density at radius 1 is 1.12 bits per heavy atom.